The summed E-state index contributed by atoms with van der Waals surface area (Å²) >= 11 is 10.8. The lowest BCUT2D eigenvalue weighted by molar-refractivity contribution is -0.121. The number of nitrogens with one attached hydrogen (secondary N) is 3. The highest BCUT2D eigenvalue weighted by Crippen LogP contribution is 2.18. The Kier molecular flexibility index (Phi) is 7.79. The van der Waals surface area contributed by atoms with Gasteiger partial charge < -0.3 is 4.74 Å². The van der Waals surface area contributed by atoms with Crippen LogP contribution < -0.4 is 20.9 Å². The van der Waals surface area contributed by atoms with Crippen molar-refractivity contribution in [1.82, 2.24) is 16.2 Å². The summed E-state index contributed by atoms with van der Waals surface area (Å²) in [6, 6.07) is 14.2. The molecule has 0 bridgehead atoms. The number of halogens is 1. The Morgan fingerprint density at radius 2 is 1.81 bits per heavy atom. The zero-order chi connectivity index (χ0) is 19.6. The minimum atomic E-state index is -0.439. The molecule has 0 aliphatic rings. The van der Waals surface area contributed by atoms with Gasteiger partial charge in [0.05, 0.1) is 13.5 Å². The quantitative estimate of drug-likeness (QED) is 0.406. The van der Waals surface area contributed by atoms with Crippen molar-refractivity contribution < 1.29 is 14.3 Å². The number of hydrogen-bond donors (Lipinski definition) is 3. The van der Waals surface area contributed by atoms with E-state index in [1.807, 2.05) is 18.2 Å². The van der Waals surface area contributed by atoms with Gasteiger partial charge in [-0.25, -0.2) is 0 Å². The maximum atomic E-state index is 11.9. The minimum Gasteiger partial charge on any atom is -0.496 e. The zero-order valence-electron chi connectivity index (χ0n) is 14.5. The van der Waals surface area contributed by atoms with Crippen molar-refractivity contribution in [2.75, 3.05) is 7.11 Å². The summed E-state index contributed by atoms with van der Waals surface area (Å²) < 4.78 is 5.20. The molecule has 0 saturated carbocycles. The lowest BCUT2D eigenvalue weighted by Crippen LogP contribution is -2.48. The number of para-hydroxylation sites is 1. The number of benzene rings is 2. The Hall–Kier alpha value is -2.90. The second-order valence-electron chi connectivity index (χ2n) is 5.37. The van der Waals surface area contributed by atoms with Crippen LogP contribution in [-0.2, 0) is 16.0 Å². The molecule has 0 unspecified atom stereocenters. The fraction of sp³-hybridized carbons (Fsp3) is 0.105. The molecule has 2 aromatic carbocycles. The van der Waals surface area contributed by atoms with Crippen molar-refractivity contribution in [1.29, 1.82) is 0 Å². The maximum absolute atomic E-state index is 11.9. The Morgan fingerprint density at radius 3 is 2.52 bits per heavy atom. The summed E-state index contributed by atoms with van der Waals surface area (Å²) in [5, 5.41) is 3.02. The van der Waals surface area contributed by atoms with E-state index in [0.29, 0.717) is 10.8 Å². The number of carbonyl (C=O) groups is 2. The molecule has 8 heteroatoms. The summed E-state index contributed by atoms with van der Waals surface area (Å²) in [4.78, 5) is 23.8. The summed E-state index contributed by atoms with van der Waals surface area (Å²) in [5.74, 6) is -0.0967. The molecule has 0 aromatic heterocycles. The van der Waals surface area contributed by atoms with Gasteiger partial charge in [-0.3, -0.25) is 25.8 Å². The molecular weight excluding hydrogens is 386 g/mol. The maximum Gasteiger partial charge on any atom is 0.250 e. The highest BCUT2D eigenvalue weighted by Gasteiger charge is 2.06. The molecule has 2 aromatic rings. The van der Waals surface area contributed by atoms with Gasteiger partial charge in [-0.15, -0.1) is 0 Å². The van der Waals surface area contributed by atoms with Crippen molar-refractivity contribution >= 4 is 46.8 Å². The molecule has 0 aliphatic carbocycles. The number of rotatable bonds is 5. The lowest BCUT2D eigenvalue weighted by atomic mass is 10.1. The van der Waals surface area contributed by atoms with Crippen LogP contribution >= 0.6 is 23.8 Å². The molecule has 0 atom stereocenters. The molecule has 0 spiro atoms. The zero-order valence-corrected chi connectivity index (χ0v) is 16.1. The van der Waals surface area contributed by atoms with Crippen LogP contribution in [0.5, 0.6) is 5.75 Å². The standard InChI is InChI=1S/C19H18ClN3O3S/c1-26-16-5-3-2-4-14(16)8-11-17(24)21-19(27)23-22-18(25)12-13-6-9-15(20)10-7-13/h2-11H,12H2,1H3,(H,22,25)(H2,21,23,24,27)/b11-8+. The second kappa shape index (κ2) is 10.3. The lowest BCUT2D eigenvalue weighted by Gasteiger charge is -2.10. The van der Waals surface area contributed by atoms with Crippen LogP contribution in [0.25, 0.3) is 6.08 Å². The first-order valence-corrected chi connectivity index (χ1v) is 8.72. The number of hydrazine groups is 1. The van der Waals surface area contributed by atoms with Crippen molar-refractivity contribution in [2.45, 2.75) is 6.42 Å². The summed E-state index contributed by atoms with van der Waals surface area (Å²) in [6.07, 6.45) is 3.08. The largest absolute Gasteiger partial charge is 0.496 e. The van der Waals surface area contributed by atoms with Gasteiger partial charge in [-0.1, -0.05) is 41.9 Å². The second-order valence-corrected chi connectivity index (χ2v) is 6.21. The average Bonchev–Trinajstić information content (AvgIpc) is 2.67. The molecule has 2 rings (SSSR count). The minimum absolute atomic E-state index is 0.0193. The van der Waals surface area contributed by atoms with Crippen molar-refractivity contribution in [2.24, 2.45) is 0 Å². The summed E-state index contributed by atoms with van der Waals surface area (Å²) in [5.41, 5.74) is 6.46. The highest BCUT2D eigenvalue weighted by atomic mass is 35.5. The SMILES string of the molecule is COc1ccccc1/C=C/C(=O)NC(=S)NNC(=O)Cc1ccc(Cl)cc1. The fourth-order valence-electron chi connectivity index (χ4n) is 2.11. The number of hydrogen-bond acceptors (Lipinski definition) is 4. The van der Waals surface area contributed by atoms with Gasteiger partial charge >= 0.3 is 0 Å². The first kappa shape index (κ1) is 20.4. The van der Waals surface area contributed by atoms with E-state index in [1.165, 1.54) is 6.08 Å². The van der Waals surface area contributed by atoms with Crippen molar-refractivity contribution in [3.63, 3.8) is 0 Å². The van der Waals surface area contributed by atoms with Crippen molar-refractivity contribution in [3.8, 4) is 5.75 Å². The number of thiocarbonyl (C=S) groups is 1. The molecule has 3 N–H and O–H groups in total. The first-order chi connectivity index (χ1) is 13.0. The number of methoxy groups -OCH3 is 1. The van der Waals surface area contributed by atoms with E-state index in [1.54, 1.807) is 43.5 Å². The third kappa shape index (κ3) is 7.08. The first-order valence-electron chi connectivity index (χ1n) is 7.93. The molecule has 0 heterocycles. The Balaban J connectivity index is 1.77. The number of ether oxygens (including phenoxy) is 1. The van der Waals surface area contributed by atoms with Crippen LogP contribution in [-0.4, -0.2) is 24.0 Å². The Labute approximate surface area is 167 Å². The van der Waals surface area contributed by atoms with E-state index >= 15 is 0 Å². The monoisotopic (exact) mass is 403 g/mol. The highest BCUT2D eigenvalue weighted by molar-refractivity contribution is 7.80. The molecule has 0 fully saturated rings. The predicted octanol–water partition coefficient (Wildman–Crippen LogP) is 2.63. The van der Waals surface area contributed by atoms with E-state index in [4.69, 9.17) is 28.6 Å². The van der Waals surface area contributed by atoms with Gasteiger partial charge in [0, 0.05) is 16.7 Å². The molecule has 6 nitrogen and oxygen atoms in total. The number of amides is 2. The molecule has 27 heavy (non-hydrogen) atoms. The van der Waals surface area contributed by atoms with E-state index in [9.17, 15) is 9.59 Å². The van der Waals surface area contributed by atoms with Gasteiger partial charge in [0.15, 0.2) is 5.11 Å². The molecule has 0 saturated heterocycles. The van der Waals surface area contributed by atoms with E-state index in [-0.39, 0.29) is 17.4 Å². The van der Waals surface area contributed by atoms with Gasteiger partial charge in [-0.05, 0) is 42.1 Å². The molecule has 0 radical (unpaired) electrons. The number of carbonyl (C=O) groups excluding carboxylic acids is 2. The Morgan fingerprint density at radius 1 is 1.11 bits per heavy atom. The topological polar surface area (TPSA) is 79.5 Å². The predicted molar refractivity (Wildman–Crippen MR) is 109 cm³/mol. The summed E-state index contributed by atoms with van der Waals surface area (Å²) in [7, 11) is 1.55. The average molecular weight is 404 g/mol. The van der Waals surface area contributed by atoms with Crippen LogP contribution in [0.15, 0.2) is 54.6 Å². The van der Waals surface area contributed by atoms with Crippen LogP contribution in [0, 0.1) is 0 Å². The van der Waals surface area contributed by atoms with Crippen molar-refractivity contribution in [3.05, 3.63) is 70.8 Å². The van der Waals surface area contributed by atoms with Gasteiger partial charge in [0.1, 0.15) is 5.75 Å². The molecular formula is C19H18ClN3O3S. The normalized spacial score (nSPS) is 10.3. The van der Waals surface area contributed by atoms with Crippen LogP contribution in [0.3, 0.4) is 0 Å². The molecule has 2 amide bonds. The van der Waals surface area contributed by atoms with Gasteiger partial charge in [0.25, 0.3) is 0 Å². The van der Waals surface area contributed by atoms with E-state index in [2.05, 4.69) is 16.2 Å². The summed E-state index contributed by atoms with van der Waals surface area (Å²) in [6.45, 7) is 0. The third-order valence-corrected chi connectivity index (χ3v) is 3.84. The van der Waals surface area contributed by atoms with E-state index in [0.717, 1.165) is 11.1 Å². The van der Waals surface area contributed by atoms with Gasteiger partial charge in [-0.2, -0.15) is 0 Å². The fourth-order valence-corrected chi connectivity index (χ4v) is 2.39. The molecule has 140 valence electrons. The smallest absolute Gasteiger partial charge is 0.250 e. The van der Waals surface area contributed by atoms with Crippen LogP contribution in [0.4, 0.5) is 0 Å². The molecule has 0 aliphatic heterocycles. The van der Waals surface area contributed by atoms with Gasteiger partial charge in [0.2, 0.25) is 11.8 Å². The third-order valence-electron chi connectivity index (χ3n) is 3.38. The van der Waals surface area contributed by atoms with E-state index < -0.39 is 5.91 Å². The van der Waals surface area contributed by atoms with Crippen LogP contribution in [0.1, 0.15) is 11.1 Å². The Bertz CT molecular complexity index is 854. The van der Waals surface area contributed by atoms with Crippen LogP contribution in [0.2, 0.25) is 5.02 Å².